The molecule has 0 saturated carbocycles. The molecule has 1 amide bonds. The topological polar surface area (TPSA) is 98.6 Å². The first-order valence-corrected chi connectivity index (χ1v) is 15.5. The van der Waals surface area contributed by atoms with E-state index in [0.717, 1.165) is 90.0 Å². The van der Waals surface area contributed by atoms with Gasteiger partial charge in [-0.1, -0.05) is 46.4 Å². The molecule has 1 aliphatic heterocycles. The summed E-state index contributed by atoms with van der Waals surface area (Å²) in [6, 6.07) is 10.2. The van der Waals surface area contributed by atoms with E-state index in [1.165, 1.54) is 0 Å². The Hall–Kier alpha value is -4.20. The number of nitrogen functional groups attached to an aromatic ring is 1. The Bertz CT molecular complexity index is 1620. The van der Waals surface area contributed by atoms with Gasteiger partial charge in [0, 0.05) is 52.9 Å². The van der Waals surface area contributed by atoms with Crippen molar-refractivity contribution in [1.82, 2.24) is 24.5 Å². The first-order valence-electron chi connectivity index (χ1n) is 15.5. The molecule has 226 valence electrons. The molecule has 1 aromatic carbocycles. The van der Waals surface area contributed by atoms with Gasteiger partial charge in [-0.15, -0.1) is 0 Å². The third kappa shape index (κ3) is 5.63. The van der Waals surface area contributed by atoms with Gasteiger partial charge in [0.15, 0.2) is 5.65 Å². The molecule has 4 aromatic rings. The predicted octanol–water partition coefficient (Wildman–Crippen LogP) is 7.18. The van der Waals surface area contributed by atoms with Crippen LogP contribution in [-0.2, 0) is 11.2 Å². The van der Waals surface area contributed by atoms with E-state index in [4.69, 9.17) is 20.4 Å². The normalized spacial score (nSPS) is 15.8. The molecule has 43 heavy (non-hydrogen) atoms. The van der Waals surface area contributed by atoms with E-state index in [1.54, 1.807) is 23.9 Å². The fraction of sp³-hybridized carbons (Fsp3) is 0.429. The number of pyridine rings is 1. The van der Waals surface area contributed by atoms with E-state index in [1.807, 2.05) is 24.4 Å². The Balaban J connectivity index is 1.46. The minimum atomic E-state index is -0.310. The van der Waals surface area contributed by atoms with Gasteiger partial charge in [0.25, 0.3) is 0 Å². The number of anilines is 1. The second-order valence-electron chi connectivity index (χ2n) is 11.8. The van der Waals surface area contributed by atoms with Crippen LogP contribution in [-0.4, -0.2) is 50.6 Å². The zero-order valence-electron chi connectivity index (χ0n) is 26.2. The largest absolute Gasteiger partial charge is 0.496 e. The quantitative estimate of drug-likeness (QED) is 0.225. The van der Waals surface area contributed by atoms with Crippen LogP contribution in [0.4, 0.5) is 5.82 Å². The van der Waals surface area contributed by atoms with Crippen LogP contribution in [0.5, 0.6) is 5.75 Å². The molecule has 1 aliphatic rings. The Kier molecular flexibility index (Phi) is 8.85. The molecule has 0 spiro atoms. The van der Waals surface area contributed by atoms with Gasteiger partial charge in [0.05, 0.1) is 24.7 Å². The Morgan fingerprint density at radius 1 is 1.12 bits per heavy atom. The van der Waals surface area contributed by atoms with Crippen molar-refractivity contribution in [1.29, 1.82) is 0 Å². The molecular weight excluding hydrogens is 536 g/mol. The fourth-order valence-electron chi connectivity index (χ4n) is 6.21. The molecule has 1 fully saturated rings. The maximum atomic E-state index is 13.4. The van der Waals surface area contributed by atoms with E-state index in [2.05, 4.69) is 56.4 Å². The first kappa shape index (κ1) is 30.3. The number of hydrogen-bond acceptors (Lipinski definition) is 6. The van der Waals surface area contributed by atoms with Crippen LogP contribution in [0.25, 0.3) is 34.1 Å². The highest BCUT2D eigenvalue weighted by molar-refractivity contribution is 5.82. The van der Waals surface area contributed by atoms with Crippen LogP contribution < -0.4 is 10.5 Å². The summed E-state index contributed by atoms with van der Waals surface area (Å²) < 4.78 is 7.19. The molecule has 2 N–H and O–H groups in total. The van der Waals surface area contributed by atoms with E-state index in [0.29, 0.717) is 18.0 Å². The number of benzene rings is 1. The highest BCUT2D eigenvalue weighted by atomic mass is 16.5. The number of nitrogens with two attached hydrogens (primary N) is 1. The predicted molar refractivity (Wildman–Crippen MR) is 174 cm³/mol. The molecule has 1 unspecified atom stereocenters. The van der Waals surface area contributed by atoms with E-state index in [-0.39, 0.29) is 17.2 Å². The summed E-state index contributed by atoms with van der Waals surface area (Å²) >= 11 is 0. The smallest absolute Gasteiger partial charge is 0.228 e. The van der Waals surface area contributed by atoms with E-state index >= 15 is 0 Å². The van der Waals surface area contributed by atoms with Crippen LogP contribution in [0, 0.1) is 5.41 Å². The summed E-state index contributed by atoms with van der Waals surface area (Å²) in [7, 11) is 1.70. The number of aryl methyl sites for hydroxylation is 1. The number of amides is 1. The van der Waals surface area contributed by atoms with Crippen molar-refractivity contribution in [3.8, 4) is 28.1 Å². The number of rotatable bonds is 9. The maximum Gasteiger partial charge on any atom is 0.228 e. The van der Waals surface area contributed by atoms with Crippen molar-refractivity contribution in [3.63, 3.8) is 0 Å². The molecule has 1 saturated heterocycles. The lowest BCUT2D eigenvalue weighted by atomic mass is 9.83. The zero-order valence-corrected chi connectivity index (χ0v) is 26.2. The number of likely N-dealkylation sites (tertiary alicyclic amines) is 1. The van der Waals surface area contributed by atoms with Crippen molar-refractivity contribution in [2.24, 2.45) is 5.41 Å². The second kappa shape index (κ2) is 12.6. The number of carbonyl (C=O) groups excluding carboxylic acids is 1. The van der Waals surface area contributed by atoms with Gasteiger partial charge >= 0.3 is 0 Å². The van der Waals surface area contributed by atoms with Gasteiger partial charge in [-0.05, 0) is 68.4 Å². The number of methoxy groups -OCH3 is 1. The lowest BCUT2D eigenvalue weighted by Crippen LogP contribution is -2.42. The molecule has 4 heterocycles. The van der Waals surface area contributed by atoms with Crippen molar-refractivity contribution < 1.29 is 9.53 Å². The first-order chi connectivity index (χ1) is 20.8. The number of nitrogens with zero attached hydrogens (tertiary/aromatic N) is 5. The SMILES string of the molecule is C=Cc1c(C2CCCN(C(=O)C(C)(CC)CC)CC2)nc2c(-c3ccc(-c4ccc(OC)c(CC)c4)nc3)cnn2c1N. The molecular formula is C35H44N6O2. The highest BCUT2D eigenvalue weighted by Crippen LogP contribution is 2.37. The number of fused-ring (bicyclic) bond motifs is 1. The summed E-state index contributed by atoms with van der Waals surface area (Å²) in [6.45, 7) is 14.0. The highest BCUT2D eigenvalue weighted by Gasteiger charge is 2.35. The molecule has 0 bridgehead atoms. The van der Waals surface area contributed by atoms with E-state index < -0.39 is 0 Å². The standard InChI is InChI=1S/C35H44N6O2/c1-7-23-20-25(14-16-30(23)43-6)29-15-13-26(21-37-29)28-22-38-41-32(36)27(8-2)31(39-33(28)41)24-12-11-18-40(19-17-24)34(42)35(5,9-3)10-4/h8,13-16,20-22,24H,2,7,9-12,17-19,36H2,1,3-6H3. The average molecular weight is 581 g/mol. The lowest BCUT2D eigenvalue weighted by molar-refractivity contribution is -0.141. The molecule has 0 radical (unpaired) electrons. The fourth-order valence-corrected chi connectivity index (χ4v) is 6.21. The molecule has 8 nitrogen and oxygen atoms in total. The summed E-state index contributed by atoms with van der Waals surface area (Å²) in [5.74, 6) is 1.84. The Morgan fingerprint density at radius 2 is 1.88 bits per heavy atom. The number of carbonyl (C=O) groups is 1. The van der Waals surface area contributed by atoms with Gasteiger partial charge in [-0.2, -0.15) is 9.61 Å². The summed E-state index contributed by atoms with van der Waals surface area (Å²) in [5.41, 5.74) is 13.7. The van der Waals surface area contributed by atoms with Crippen LogP contribution in [0.3, 0.4) is 0 Å². The molecule has 1 atom stereocenters. The molecule has 3 aromatic heterocycles. The third-order valence-corrected chi connectivity index (χ3v) is 9.46. The second-order valence-corrected chi connectivity index (χ2v) is 11.8. The van der Waals surface area contributed by atoms with E-state index in [9.17, 15) is 4.79 Å². The van der Waals surface area contributed by atoms with Gasteiger partial charge < -0.3 is 15.4 Å². The van der Waals surface area contributed by atoms with Crippen molar-refractivity contribution in [2.45, 2.75) is 72.1 Å². The van der Waals surface area contributed by atoms with Crippen molar-refractivity contribution in [3.05, 3.63) is 66.1 Å². The summed E-state index contributed by atoms with van der Waals surface area (Å²) in [5, 5.41) is 4.60. The number of hydrogen-bond donors (Lipinski definition) is 1. The van der Waals surface area contributed by atoms with Crippen LogP contribution in [0.2, 0.25) is 0 Å². The monoisotopic (exact) mass is 580 g/mol. The van der Waals surface area contributed by atoms with Crippen molar-refractivity contribution >= 4 is 23.4 Å². The van der Waals surface area contributed by atoms with Crippen LogP contribution in [0.15, 0.2) is 49.3 Å². The van der Waals surface area contributed by atoms with Gasteiger partial charge in [-0.3, -0.25) is 9.78 Å². The van der Waals surface area contributed by atoms with Crippen LogP contribution >= 0.6 is 0 Å². The summed E-state index contributed by atoms with van der Waals surface area (Å²) in [4.78, 5) is 25.5. The third-order valence-electron chi connectivity index (χ3n) is 9.46. The van der Waals surface area contributed by atoms with Gasteiger partial charge in [0.2, 0.25) is 5.91 Å². The summed E-state index contributed by atoms with van der Waals surface area (Å²) in [6.07, 6.45) is 10.7. The average Bonchev–Trinajstić information content (AvgIpc) is 3.33. The molecule has 8 heteroatoms. The molecule has 0 aliphatic carbocycles. The minimum absolute atomic E-state index is 0.165. The molecule has 5 rings (SSSR count). The van der Waals surface area contributed by atoms with Crippen LogP contribution in [0.1, 0.15) is 82.5 Å². The maximum absolute atomic E-state index is 13.4. The Labute approximate surface area is 255 Å². The Morgan fingerprint density at radius 3 is 2.53 bits per heavy atom. The number of aromatic nitrogens is 4. The minimum Gasteiger partial charge on any atom is -0.496 e. The zero-order chi connectivity index (χ0) is 30.7. The lowest BCUT2D eigenvalue weighted by Gasteiger charge is -2.32. The number of ether oxygens (including phenoxy) is 1. The van der Waals surface area contributed by atoms with Gasteiger partial charge in [0.1, 0.15) is 11.6 Å². The van der Waals surface area contributed by atoms with Crippen molar-refractivity contribution in [2.75, 3.05) is 25.9 Å². The van der Waals surface area contributed by atoms with Gasteiger partial charge in [-0.25, -0.2) is 4.98 Å².